The van der Waals surface area contributed by atoms with Crippen LogP contribution in [0.25, 0.3) is 10.6 Å². The van der Waals surface area contributed by atoms with E-state index in [2.05, 4.69) is 9.97 Å². The summed E-state index contributed by atoms with van der Waals surface area (Å²) < 4.78 is 4.96. The number of rotatable bonds is 4. The van der Waals surface area contributed by atoms with Crippen LogP contribution < -0.4 is 0 Å². The zero-order chi connectivity index (χ0) is 15.5. The Morgan fingerprint density at radius 3 is 3.09 bits per heavy atom. The summed E-state index contributed by atoms with van der Waals surface area (Å²) in [5, 5.41) is 0. The lowest BCUT2D eigenvalue weighted by molar-refractivity contribution is -0.136. The third-order valence-corrected chi connectivity index (χ3v) is 4.76. The van der Waals surface area contributed by atoms with E-state index >= 15 is 0 Å². The highest BCUT2D eigenvalue weighted by Crippen LogP contribution is 2.32. The van der Waals surface area contributed by atoms with Crippen molar-refractivity contribution < 1.29 is 9.53 Å². The third-order valence-electron chi connectivity index (χ3n) is 3.81. The molecule has 0 bridgehead atoms. The largest absolute Gasteiger partial charge is 0.375 e. The molecule has 0 N–H and O–H groups in total. The summed E-state index contributed by atoms with van der Waals surface area (Å²) in [5.41, 5.74) is 4.43. The molecule has 1 saturated heterocycles. The second-order valence-corrected chi connectivity index (χ2v) is 6.13. The Morgan fingerprint density at radius 2 is 2.36 bits per heavy atom. The maximum atomic E-state index is 12.1. The predicted molar refractivity (Wildman–Crippen MR) is 83.4 cm³/mol. The molecule has 2 aromatic rings. The Bertz CT molecular complexity index is 673. The average molecular weight is 318 g/mol. The molecular weight excluding hydrogens is 300 g/mol. The zero-order valence-corrected chi connectivity index (χ0v) is 13.5. The lowest BCUT2D eigenvalue weighted by atomic mass is 10.1. The van der Waals surface area contributed by atoms with E-state index < -0.39 is 0 Å². The standard InChI is InChI=1S/C15H18N4O2S/c1-10-15(22-9-17-10)12-7-16-6-11(18-12)13-4-3-5-19(13)14(20)8-21-2/h6-7,9,13H,3-5,8H2,1-2H3/t13-/m0/s1. The molecule has 1 fully saturated rings. The van der Waals surface area contributed by atoms with Crippen LogP contribution in [0.3, 0.4) is 0 Å². The Kier molecular flexibility index (Phi) is 4.44. The fourth-order valence-electron chi connectivity index (χ4n) is 2.78. The molecule has 0 aliphatic carbocycles. The van der Waals surface area contributed by atoms with Gasteiger partial charge in [0.05, 0.1) is 40.2 Å². The summed E-state index contributed by atoms with van der Waals surface area (Å²) in [6.45, 7) is 2.82. The molecule has 1 aliphatic rings. The number of amides is 1. The van der Waals surface area contributed by atoms with Crippen molar-refractivity contribution in [3.63, 3.8) is 0 Å². The van der Waals surface area contributed by atoms with Crippen LogP contribution in [-0.2, 0) is 9.53 Å². The molecule has 0 aromatic carbocycles. The van der Waals surface area contributed by atoms with Crippen molar-refractivity contribution in [1.82, 2.24) is 19.9 Å². The first kappa shape index (κ1) is 15.1. The van der Waals surface area contributed by atoms with Gasteiger partial charge in [-0.25, -0.2) is 9.97 Å². The molecule has 3 rings (SSSR count). The van der Waals surface area contributed by atoms with Gasteiger partial charge in [0.2, 0.25) is 5.91 Å². The van der Waals surface area contributed by atoms with Gasteiger partial charge in [0, 0.05) is 13.7 Å². The van der Waals surface area contributed by atoms with Crippen molar-refractivity contribution in [1.29, 1.82) is 0 Å². The Morgan fingerprint density at radius 1 is 1.50 bits per heavy atom. The monoisotopic (exact) mass is 318 g/mol. The lowest BCUT2D eigenvalue weighted by Crippen LogP contribution is -2.33. The number of aryl methyl sites for hydroxylation is 1. The number of likely N-dealkylation sites (tertiary alicyclic amines) is 1. The molecule has 7 heteroatoms. The van der Waals surface area contributed by atoms with Crippen LogP contribution in [0.15, 0.2) is 17.9 Å². The minimum absolute atomic E-state index is 0.00572. The van der Waals surface area contributed by atoms with Gasteiger partial charge >= 0.3 is 0 Å². The van der Waals surface area contributed by atoms with Crippen molar-refractivity contribution in [2.45, 2.75) is 25.8 Å². The number of carbonyl (C=O) groups excluding carboxylic acids is 1. The topological polar surface area (TPSA) is 68.2 Å². The van der Waals surface area contributed by atoms with Crippen LogP contribution in [-0.4, -0.2) is 46.0 Å². The van der Waals surface area contributed by atoms with Crippen LogP contribution in [0, 0.1) is 6.92 Å². The van der Waals surface area contributed by atoms with Crippen molar-refractivity contribution in [2.24, 2.45) is 0 Å². The minimum atomic E-state index is -0.0108. The van der Waals surface area contributed by atoms with Gasteiger partial charge in [-0.15, -0.1) is 11.3 Å². The normalized spacial score (nSPS) is 17.9. The maximum Gasteiger partial charge on any atom is 0.249 e. The van der Waals surface area contributed by atoms with E-state index in [-0.39, 0.29) is 18.6 Å². The number of thiazole rings is 1. The lowest BCUT2D eigenvalue weighted by Gasteiger charge is -2.24. The first-order valence-corrected chi connectivity index (χ1v) is 8.09. The minimum Gasteiger partial charge on any atom is -0.375 e. The van der Waals surface area contributed by atoms with Crippen LogP contribution in [0.1, 0.15) is 30.3 Å². The van der Waals surface area contributed by atoms with Crippen molar-refractivity contribution in [3.05, 3.63) is 29.3 Å². The fourth-order valence-corrected chi connectivity index (χ4v) is 3.54. The van der Waals surface area contributed by atoms with Gasteiger partial charge in [-0.2, -0.15) is 0 Å². The van der Waals surface area contributed by atoms with E-state index in [1.165, 1.54) is 7.11 Å². The Balaban J connectivity index is 1.88. The highest BCUT2D eigenvalue weighted by Gasteiger charge is 2.31. The summed E-state index contributed by atoms with van der Waals surface area (Å²) in [6, 6.07) is -0.0108. The van der Waals surface area contributed by atoms with Gasteiger partial charge in [-0.05, 0) is 19.8 Å². The van der Waals surface area contributed by atoms with Crippen LogP contribution in [0.4, 0.5) is 0 Å². The summed E-state index contributed by atoms with van der Waals surface area (Å²) >= 11 is 1.55. The van der Waals surface area contributed by atoms with Gasteiger partial charge in [0.1, 0.15) is 12.3 Å². The SMILES string of the molecule is COCC(=O)N1CCC[C@H]1c1cncc(-c2scnc2C)n1. The molecule has 22 heavy (non-hydrogen) atoms. The van der Waals surface area contributed by atoms with Crippen LogP contribution in [0.2, 0.25) is 0 Å². The number of carbonyl (C=O) groups is 1. The predicted octanol–water partition coefficient (Wildman–Crippen LogP) is 2.22. The van der Waals surface area contributed by atoms with Crippen molar-refractivity contribution in [2.75, 3.05) is 20.3 Å². The average Bonchev–Trinajstić information content (AvgIpc) is 3.16. The number of ether oxygens (including phenoxy) is 1. The van der Waals surface area contributed by atoms with Gasteiger partial charge in [-0.1, -0.05) is 0 Å². The number of hydrogen-bond acceptors (Lipinski definition) is 6. The van der Waals surface area contributed by atoms with E-state index in [4.69, 9.17) is 9.72 Å². The molecule has 0 unspecified atom stereocenters. The number of aromatic nitrogens is 3. The van der Waals surface area contributed by atoms with Gasteiger partial charge in [0.15, 0.2) is 0 Å². The van der Waals surface area contributed by atoms with E-state index in [1.807, 2.05) is 17.3 Å². The third kappa shape index (κ3) is 2.86. The van der Waals surface area contributed by atoms with Crippen LogP contribution in [0.5, 0.6) is 0 Å². The van der Waals surface area contributed by atoms with Gasteiger partial charge in [-0.3, -0.25) is 9.78 Å². The Labute approximate surface area is 133 Å². The second-order valence-electron chi connectivity index (χ2n) is 5.27. The molecule has 0 spiro atoms. The molecule has 1 atom stereocenters. The summed E-state index contributed by atoms with van der Waals surface area (Å²) in [5.74, 6) is 0.00572. The van der Waals surface area contributed by atoms with Crippen molar-refractivity contribution in [3.8, 4) is 10.6 Å². The number of hydrogen-bond donors (Lipinski definition) is 0. The van der Waals surface area contributed by atoms with Crippen LogP contribution >= 0.6 is 11.3 Å². The molecule has 6 nitrogen and oxygen atoms in total. The first-order valence-electron chi connectivity index (χ1n) is 7.21. The molecule has 0 radical (unpaired) electrons. The van der Waals surface area contributed by atoms with Gasteiger partial charge < -0.3 is 9.64 Å². The number of methoxy groups -OCH3 is 1. The molecule has 1 amide bonds. The number of nitrogens with zero attached hydrogens (tertiary/aromatic N) is 4. The molecule has 116 valence electrons. The molecule has 2 aromatic heterocycles. The zero-order valence-electron chi connectivity index (χ0n) is 12.7. The molecule has 0 saturated carbocycles. The van der Waals surface area contributed by atoms with Gasteiger partial charge in [0.25, 0.3) is 0 Å². The molecular formula is C15H18N4O2S. The molecule has 3 heterocycles. The smallest absolute Gasteiger partial charge is 0.249 e. The highest BCUT2D eigenvalue weighted by molar-refractivity contribution is 7.13. The van der Waals surface area contributed by atoms with E-state index in [9.17, 15) is 4.79 Å². The first-order chi connectivity index (χ1) is 10.7. The van der Waals surface area contributed by atoms with E-state index in [0.29, 0.717) is 0 Å². The summed E-state index contributed by atoms with van der Waals surface area (Å²) in [4.78, 5) is 28.3. The quantitative estimate of drug-likeness (QED) is 0.864. The highest BCUT2D eigenvalue weighted by atomic mass is 32.1. The van der Waals surface area contributed by atoms with E-state index in [1.54, 1.807) is 23.7 Å². The fraction of sp³-hybridized carbons (Fsp3) is 0.467. The summed E-state index contributed by atoms with van der Waals surface area (Å²) in [6.07, 6.45) is 5.39. The molecule has 1 aliphatic heterocycles. The maximum absolute atomic E-state index is 12.1. The second kappa shape index (κ2) is 6.50. The van der Waals surface area contributed by atoms with E-state index in [0.717, 1.165) is 41.3 Å². The van der Waals surface area contributed by atoms with Crippen molar-refractivity contribution >= 4 is 17.2 Å². The summed E-state index contributed by atoms with van der Waals surface area (Å²) in [7, 11) is 1.54. The Hall–Kier alpha value is -1.86.